The lowest BCUT2D eigenvalue weighted by Gasteiger charge is -2.32. The Morgan fingerprint density at radius 2 is 1.89 bits per heavy atom. The van der Waals surface area contributed by atoms with Gasteiger partial charge in [0.15, 0.2) is 11.5 Å². The van der Waals surface area contributed by atoms with E-state index in [0.717, 1.165) is 29.7 Å². The van der Waals surface area contributed by atoms with E-state index in [1.807, 2.05) is 12.1 Å². The van der Waals surface area contributed by atoms with E-state index in [1.54, 1.807) is 19.2 Å². The van der Waals surface area contributed by atoms with Crippen LogP contribution in [0.25, 0.3) is 0 Å². The van der Waals surface area contributed by atoms with Gasteiger partial charge in [0.1, 0.15) is 24.6 Å². The number of ether oxygens (including phenoxy) is 5. The lowest BCUT2D eigenvalue weighted by molar-refractivity contribution is -0.140. The molecule has 37 heavy (non-hydrogen) atoms. The molecule has 9 heteroatoms. The topological polar surface area (TPSA) is 112 Å². The van der Waals surface area contributed by atoms with Crippen molar-refractivity contribution in [2.24, 2.45) is 0 Å². The molecular formula is C28H32N2O7. The maximum atomic E-state index is 13.1. The number of aromatic nitrogens is 2. The highest BCUT2D eigenvalue weighted by atomic mass is 16.6. The highest BCUT2D eigenvalue weighted by Gasteiger charge is 2.30. The third-order valence-corrected chi connectivity index (χ3v) is 6.98. The molecule has 0 fully saturated rings. The van der Waals surface area contributed by atoms with E-state index >= 15 is 0 Å². The van der Waals surface area contributed by atoms with Crippen molar-refractivity contribution in [3.05, 3.63) is 68.6 Å². The lowest BCUT2D eigenvalue weighted by Crippen LogP contribution is -2.32. The largest absolute Gasteiger partial charge is 0.493 e. The molecule has 0 bridgehead atoms. The number of fused-ring (bicyclic) bond motifs is 2. The Morgan fingerprint density at radius 3 is 2.68 bits per heavy atom. The summed E-state index contributed by atoms with van der Waals surface area (Å²) in [5, 5.41) is 5.76. The first-order valence-electron chi connectivity index (χ1n) is 12.4. The van der Waals surface area contributed by atoms with E-state index in [-0.39, 0.29) is 17.6 Å². The van der Waals surface area contributed by atoms with Crippen LogP contribution in [0.5, 0.6) is 23.0 Å². The zero-order valence-corrected chi connectivity index (χ0v) is 21.6. The molecule has 196 valence electrons. The molecule has 2 aliphatic rings. The van der Waals surface area contributed by atoms with Crippen LogP contribution in [0.15, 0.2) is 35.1 Å². The second-order valence-corrected chi connectivity index (χ2v) is 10.0. The molecule has 0 radical (unpaired) electrons. The third kappa shape index (κ3) is 5.03. The van der Waals surface area contributed by atoms with Crippen LogP contribution in [-0.4, -0.2) is 49.2 Å². The van der Waals surface area contributed by atoms with Gasteiger partial charge in [-0.05, 0) is 61.6 Å². The first-order chi connectivity index (χ1) is 17.8. The SMILES string of the molecule is COC(=O)CC(c1cc(OC)c2c(c1)OCCO2)c1c(Cc2ccc3c(c2)CCC(C)(C)O3)[nH][nH]c1=O. The monoisotopic (exact) mass is 508 g/mol. The van der Waals surface area contributed by atoms with Gasteiger partial charge in [-0.1, -0.05) is 12.1 Å². The van der Waals surface area contributed by atoms with E-state index in [4.69, 9.17) is 23.7 Å². The molecule has 0 saturated heterocycles. The van der Waals surface area contributed by atoms with Gasteiger partial charge in [0.25, 0.3) is 5.56 Å². The summed E-state index contributed by atoms with van der Waals surface area (Å²) in [7, 11) is 2.88. The summed E-state index contributed by atoms with van der Waals surface area (Å²) in [6, 6.07) is 9.72. The number of aryl methyl sites for hydroxylation is 1. The van der Waals surface area contributed by atoms with Crippen LogP contribution in [-0.2, 0) is 22.4 Å². The number of H-pyrrole nitrogens is 2. The van der Waals surface area contributed by atoms with Crippen molar-refractivity contribution < 1.29 is 28.5 Å². The summed E-state index contributed by atoms with van der Waals surface area (Å²) in [5.74, 6) is 1.38. The van der Waals surface area contributed by atoms with Crippen LogP contribution < -0.4 is 24.5 Å². The van der Waals surface area contributed by atoms with E-state index in [9.17, 15) is 9.59 Å². The number of nitrogens with one attached hydrogen (secondary N) is 2. The van der Waals surface area contributed by atoms with E-state index < -0.39 is 11.9 Å². The Hall–Kier alpha value is -3.88. The summed E-state index contributed by atoms with van der Waals surface area (Å²) in [5.41, 5.74) is 3.58. The van der Waals surface area contributed by atoms with Gasteiger partial charge in [0.2, 0.25) is 5.75 Å². The number of rotatable bonds is 7. The number of hydrogen-bond acceptors (Lipinski definition) is 7. The molecule has 0 saturated carbocycles. The molecule has 0 spiro atoms. The molecule has 2 aromatic carbocycles. The number of aromatic amines is 2. The molecule has 1 atom stereocenters. The van der Waals surface area contributed by atoms with Crippen LogP contribution in [0.2, 0.25) is 0 Å². The molecule has 0 amide bonds. The summed E-state index contributed by atoms with van der Waals surface area (Å²) < 4.78 is 28.2. The van der Waals surface area contributed by atoms with Gasteiger partial charge in [-0.15, -0.1) is 0 Å². The Bertz CT molecular complexity index is 1350. The van der Waals surface area contributed by atoms with Gasteiger partial charge in [-0.25, -0.2) is 0 Å². The molecule has 1 unspecified atom stereocenters. The van der Waals surface area contributed by atoms with Crippen LogP contribution in [0.4, 0.5) is 0 Å². The summed E-state index contributed by atoms with van der Waals surface area (Å²) in [4.78, 5) is 25.6. The molecule has 9 nitrogen and oxygen atoms in total. The maximum absolute atomic E-state index is 13.1. The molecule has 0 aliphatic carbocycles. The first-order valence-corrected chi connectivity index (χ1v) is 12.4. The van der Waals surface area contributed by atoms with Gasteiger partial charge in [0, 0.05) is 23.6 Å². The Kier molecular flexibility index (Phi) is 6.62. The zero-order valence-electron chi connectivity index (χ0n) is 21.6. The first kappa shape index (κ1) is 24.8. The number of hydrogen-bond donors (Lipinski definition) is 2. The molecule has 3 heterocycles. The smallest absolute Gasteiger partial charge is 0.306 e. The van der Waals surface area contributed by atoms with Crippen LogP contribution >= 0.6 is 0 Å². The molecule has 1 aromatic heterocycles. The summed E-state index contributed by atoms with van der Waals surface area (Å²) in [6.45, 7) is 5.00. The Labute approximate surface area is 215 Å². The fraction of sp³-hybridized carbons (Fsp3) is 0.429. The van der Waals surface area contributed by atoms with Gasteiger partial charge >= 0.3 is 5.97 Å². The van der Waals surface area contributed by atoms with Gasteiger partial charge in [0.05, 0.1) is 20.6 Å². The second-order valence-electron chi connectivity index (χ2n) is 10.0. The van der Waals surface area contributed by atoms with Gasteiger partial charge < -0.3 is 28.8 Å². The van der Waals surface area contributed by atoms with Crippen LogP contribution in [0, 0.1) is 0 Å². The molecule has 3 aromatic rings. The summed E-state index contributed by atoms with van der Waals surface area (Å²) in [6.07, 6.45) is 2.31. The summed E-state index contributed by atoms with van der Waals surface area (Å²) >= 11 is 0. The maximum Gasteiger partial charge on any atom is 0.306 e. The second kappa shape index (κ2) is 9.88. The number of carbonyl (C=O) groups excluding carboxylic acids is 1. The third-order valence-electron chi connectivity index (χ3n) is 6.98. The Balaban J connectivity index is 1.53. The molecular weight excluding hydrogens is 476 g/mol. The van der Waals surface area contributed by atoms with Gasteiger partial charge in [-0.2, -0.15) is 0 Å². The normalized spacial score (nSPS) is 16.3. The number of methoxy groups -OCH3 is 2. The van der Waals surface area contributed by atoms with Crippen molar-refractivity contribution in [2.45, 2.75) is 51.0 Å². The van der Waals surface area contributed by atoms with Crippen molar-refractivity contribution in [3.63, 3.8) is 0 Å². The van der Waals surface area contributed by atoms with Crippen molar-refractivity contribution in [1.82, 2.24) is 10.2 Å². The standard InChI is InChI=1S/C28H32N2O7/c1-28(2)8-7-17-11-16(5-6-21(17)37-28)12-20-25(27(32)30-29-20)19(15-24(31)34-4)18-13-22(33-3)26-23(14-18)35-9-10-36-26/h5-6,11,13-14,19H,7-10,12,15H2,1-4H3,(H2,29,30,32). The zero-order chi connectivity index (χ0) is 26.2. The predicted octanol–water partition coefficient (Wildman–Crippen LogP) is 3.87. The van der Waals surface area contributed by atoms with E-state index in [1.165, 1.54) is 7.11 Å². The molecule has 2 aliphatic heterocycles. The Morgan fingerprint density at radius 1 is 1.08 bits per heavy atom. The number of benzene rings is 2. The highest BCUT2D eigenvalue weighted by molar-refractivity contribution is 5.72. The molecule has 2 N–H and O–H groups in total. The van der Waals surface area contributed by atoms with E-state index in [0.29, 0.717) is 53.7 Å². The van der Waals surface area contributed by atoms with E-state index in [2.05, 4.69) is 30.1 Å². The average molecular weight is 509 g/mol. The highest BCUT2D eigenvalue weighted by Crippen LogP contribution is 2.44. The molecule has 5 rings (SSSR count). The van der Waals surface area contributed by atoms with Crippen LogP contribution in [0.1, 0.15) is 60.6 Å². The van der Waals surface area contributed by atoms with Crippen molar-refractivity contribution >= 4 is 5.97 Å². The minimum Gasteiger partial charge on any atom is -0.493 e. The van der Waals surface area contributed by atoms with Crippen molar-refractivity contribution in [1.29, 1.82) is 0 Å². The van der Waals surface area contributed by atoms with Crippen molar-refractivity contribution in [3.8, 4) is 23.0 Å². The van der Waals surface area contributed by atoms with Gasteiger partial charge in [-0.3, -0.25) is 14.7 Å². The van der Waals surface area contributed by atoms with Crippen LogP contribution in [0.3, 0.4) is 0 Å². The fourth-order valence-corrected chi connectivity index (χ4v) is 5.07. The quantitative estimate of drug-likeness (QED) is 0.466. The average Bonchev–Trinajstić information content (AvgIpc) is 3.25. The lowest BCUT2D eigenvalue weighted by atomic mass is 9.86. The number of esters is 1. The fourth-order valence-electron chi connectivity index (χ4n) is 5.07. The minimum atomic E-state index is -0.594. The predicted molar refractivity (Wildman–Crippen MR) is 136 cm³/mol. The number of carbonyl (C=O) groups is 1. The minimum absolute atomic E-state index is 0.0274. The van der Waals surface area contributed by atoms with Crippen molar-refractivity contribution in [2.75, 3.05) is 27.4 Å².